The molecule has 0 atom stereocenters. The van der Waals surface area contributed by atoms with Crippen molar-refractivity contribution in [1.29, 1.82) is 0 Å². The molecular weight excluding hydrogens is 236 g/mol. The van der Waals surface area contributed by atoms with Gasteiger partial charge in [0.25, 0.3) is 0 Å². The first kappa shape index (κ1) is 16.7. The topological polar surface area (TPSA) is 50.4 Å². The van der Waals surface area contributed by atoms with E-state index in [9.17, 15) is 4.79 Å². The number of hydrogen-bond acceptors (Lipinski definition) is 4. The molecule has 4 nitrogen and oxygen atoms in total. The molecule has 0 aromatic rings. The summed E-state index contributed by atoms with van der Waals surface area (Å²) in [6.07, 6.45) is 0.532. The second-order valence-electron chi connectivity index (χ2n) is 4.80. The van der Waals surface area contributed by atoms with E-state index in [-0.39, 0.29) is 5.91 Å². The Morgan fingerprint density at radius 2 is 1.94 bits per heavy atom. The van der Waals surface area contributed by atoms with Gasteiger partial charge in [0.2, 0.25) is 5.91 Å². The predicted octanol–water partition coefficient (Wildman–Crippen LogP) is 1.26. The van der Waals surface area contributed by atoms with Gasteiger partial charge in [-0.2, -0.15) is 11.8 Å². The van der Waals surface area contributed by atoms with Crippen molar-refractivity contribution in [3.63, 3.8) is 0 Å². The molecule has 0 spiro atoms. The van der Waals surface area contributed by atoms with Gasteiger partial charge in [0.1, 0.15) is 0 Å². The maximum atomic E-state index is 11.3. The molecule has 0 aromatic carbocycles. The zero-order chi connectivity index (χ0) is 13.1. The Hall–Kier alpha value is -0.260. The number of nitrogens with one attached hydrogen (secondary N) is 2. The van der Waals surface area contributed by atoms with Crippen LogP contribution in [0.5, 0.6) is 0 Å². The molecule has 0 fully saturated rings. The summed E-state index contributed by atoms with van der Waals surface area (Å²) < 4.78 is 5.17. The van der Waals surface area contributed by atoms with E-state index < -0.39 is 0 Å². The van der Waals surface area contributed by atoms with Gasteiger partial charge in [-0.15, -0.1) is 0 Å². The number of carbonyl (C=O) groups is 1. The number of hydrogen-bond donors (Lipinski definition) is 2. The van der Waals surface area contributed by atoms with Crippen molar-refractivity contribution in [2.45, 2.75) is 31.9 Å². The Bertz CT molecular complexity index is 205. The van der Waals surface area contributed by atoms with Gasteiger partial charge in [-0.25, -0.2) is 0 Å². The summed E-state index contributed by atoms with van der Waals surface area (Å²) in [5.41, 5.74) is 0. The Kier molecular flexibility index (Phi) is 9.59. The maximum absolute atomic E-state index is 11.3. The summed E-state index contributed by atoms with van der Waals surface area (Å²) in [6, 6.07) is 0. The second kappa shape index (κ2) is 9.74. The first-order valence-corrected chi connectivity index (χ1v) is 7.04. The van der Waals surface area contributed by atoms with Gasteiger partial charge in [-0.05, 0) is 0 Å². The molecule has 0 unspecified atom stereocenters. The van der Waals surface area contributed by atoms with Gasteiger partial charge in [-0.3, -0.25) is 4.79 Å². The summed E-state index contributed by atoms with van der Waals surface area (Å²) in [5.74, 6) is 1.16. The molecule has 0 saturated heterocycles. The van der Waals surface area contributed by atoms with Crippen molar-refractivity contribution in [3.05, 3.63) is 0 Å². The van der Waals surface area contributed by atoms with Crippen LogP contribution in [0.1, 0.15) is 27.2 Å². The van der Waals surface area contributed by atoms with Crippen molar-refractivity contribution in [1.82, 2.24) is 10.6 Å². The normalized spacial score (nSPS) is 11.5. The van der Waals surface area contributed by atoms with Crippen LogP contribution in [0.25, 0.3) is 0 Å². The highest BCUT2D eigenvalue weighted by molar-refractivity contribution is 8.00. The summed E-state index contributed by atoms with van der Waals surface area (Å²) in [7, 11) is 1.63. The van der Waals surface area contributed by atoms with E-state index in [2.05, 4.69) is 31.4 Å². The third-order valence-electron chi connectivity index (χ3n) is 1.97. The molecule has 0 aliphatic carbocycles. The lowest BCUT2D eigenvalue weighted by atomic mass is 10.3. The Balaban J connectivity index is 3.25. The van der Waals surface area contributed by atoms with E-state index in [1.54, 1.807) is 7.11 Å². The Morgan fingerprint density at radius 3 is 2.53 bits per heavy atom. The van der Waals surface area contributed by atoms with Gasteiger partial charge in [-0.1, -0.05) is 20.8 Å². The molecule has 0 aromatic heterocycles. The lowest BCUT2D eigenvalue weighted by molar-refractivity contribution is -0.121. The molecule has 1 amide bonds. The first-order valence-electron chi connectivity index (χ1n) is 6.06. The van der Waals surface area contributed by atoms with Gasteiger partial charge < -0.3 is 15.4 Å². The van der Waals surface area contributed by atoms with Crippen LogP contribution >= 0.6 is 11.8 Å². The monoisotopic (exact) mass is 262 g/mol. The van der Waals surface area contributed by atoms with Gasteiger partial charge in [0, 0.05) is 43.7 Å². The molecule has 0 aliphatic rings. The fourth-order valence-electron chi connectivity index (χ4n) is 1.14. The minimum atomic E-state index is 0.0815. The molecule has 0 bridgehead atoms. The summed E-state index contributed by atoms with van der Waals surface area (Å²) in [6.45, 7) is 9.48. The smallest absolute Gasteiger partial charge is 0.221 e. The summed E-state index contributed by atoms with van der Waals surface area (Å²) in [5, 5.41) is 6.06. The molecule has 0 aliphatic heterocycles. The number of methoxy groups -OCH3 is 1. The van der Waals surface area contributed by atoms with Crippen LogP contribution in [0.4, 0.5) is 0 Å². The number of carbonyl (C=O) groups excluding carboxylic acids is 1. The van der Waals surface area contributed by atoms with Crippen LogP contribution in [0.15, 0.2) is 0 Å². The van der Waals surface area contributed by atoms with Crippen molar-refractivity contribution >= 4 is 17.7 Å². The average molecular weight is 262 g/mol. The number of amides is 1. The zero-order valence-electron chi connectivity index (χ0n) is 11.5. The van der Waals surface area contributed by atoms with Crippen molar-refractivity contribution in [2.24, 2.45) is 0 Å². The second-order valence-corrected chi connectivity index (χ2v) is 6.73. The predicted molar refractivity (Wildman–Crippen MR) is 74.6 cm³/mol. The number of rotatable bonds is 9. The molecule has 2 N–H and O–H groups in total. The minimum absolute atomic E-state index is 0.0815. The summed E-state index contributed by atoms with van der Waals surface area (Å²) in [4.78, 5) is 11.3. The highest BCUT2D eigenvalue weighted by Crippen LogP contribution is 2.21. The zero-order valence-corrected chi connectivity index (χ0v) is 12.3. The van der Waals surface area contributed by atoms with Crippen molar-refractivity contribution in [2.75, 3.05) is 39.1 Å². The SMILES string of the molecule is COCCNC(=O)CCNCCSC(C)(C)C. The van der Waals surface area contributed by atoms with Gasteiger partial charge >= 0.3 is 0 Å². The molecule has 0 saturated carbocycles. The van der Waals surface area contributed by atoms with E-state index in [1.165, 1.54) is 0 Å². The quantitative estimate of drug-likeness (QED) is 0.614. The standard InChI is InChI=1S/C12H26N2O2S/c1-12(2,3)17-10-8-13-6-5-11(15)14-7-9-16-4/h13H,5-10H2,1-4H3,(H,14,15). The van der Waals surface area contributed by atoms with E-state index >= 15 is 0 Å². The molecule has 5 heteroatoms. The van der Waals surface area contributed by atoms with Crippen molar-refractivity contribution < 1.29 is 9.53 Å². The largest absolute Gasteiger partial charge is 0.383 e. The van der Waals surface area contributed by atoms with Gasteiger partial charge in [0.05, 0.1) is 6.61 Å². The molecule has 0 radical (unpaired) electrons. The van der Waals surface area contributed by atoms with E-state index in [4.69, 9.17) is 4.74 Å². The lowest BCUT2D eigenvalue weighted by Gasteiger charge is -2.17. The highest BCUT2D eigenvalue weighted by atomic mass is 32.2. The summed E-state index contributed by atoms with van der Waals surface area (Å²) >= 11 is 1.93. The lowest BCUT2D eigenvalue weighted by Crippen LogP contribution is -2.30. The minimum Gasteiger partial charge on any atom is -0.383 e. The maximum Gasteiger partial charge on any atom is 0.221 e. The molecule has 0 rings (SSSR count). The number of thioether (sulfide) groups is 1. The number of ether oxygens (including phenoxy) is 1. The van der Waals surface area contributed by atoms with E-state index in [0.717, 1.165) is 18.8 Å². The van der Waals surface area contributed by atoms with Crippen LogP contribution in [0, 0.1) is 0 Å². The molecular formula is C12H26N2O2S. The molecule has 17 heavy (non-hydrogen) atoms. The van der Waals surface area contributed by atoms with Crippen molar-refractivity contribution in [3.8, 4) is 0 Å². The molecule has 102 valence electrons. The van der Waals surface area contributed by atoms with Crippen LogP contribution in [0.3, 0.4) is 0 Å². The Labute approximate surface area is 109 Å². The average Bonchev–Trinajstić information content (AvgIpc) is 2.22. The fraction of sp³-hybridized carbons (Fsp3) is 0.917. The first-order chi connectivity index (χ1) is 7.95. The third kappa shape index (κ3) is 13.7. The highest BCUT2D eigenvalue weighted by Gasteiger charge is 2.09. The Morgan fingerprint density at radius 1 is 1.24 bits per heavy atom. The van der Waals surface area contributed by atoms with Crippen LogP contribution in [-0.2, 0) is 9.53 Å². The van der Waals surface area contributed by atoms with Crippen LogP contribution < -0.4 is 10.6 Å². The van der Waals surface area contributed by atoms with E-state index in [1.807, 2.05) is 11.8 Å². The van der Waals surface area contributed by atoms with E-state index in [0.29, 0.717) is 24.3 Å². The van der Waals surface area contributed by atoms with Crippen LogP contribution in [0.2, 0.25) is 0 Å². The van der Waals surface area contributed by atoms with Crippen LogP contribution in [-0.4, -0.2) is 49.8 Å². The third-order valence-corrected chi connectivity index (χ3v) is 3.25. The van der Waals surface area contributed by atoms with Gasteiger partial charge in [0.15, 0.2) is 0 Å². The fourth-order valence-corrected chi connectivity index (χ4v) is 2.00. The molecule has 0 heterocycles.